The van der Waals surface area contributed by atoms with E-state index in [9.17, 15) is 0 Å². The molecule has 1 heterocycles. The Hall–Kier alpha value is -1.49. The third-order valence-corrected chi connectivity index (χ3v) is 10.3. The van der Waals surface area contributed by atoms with Crippen molar-refractivity contribution < 1.29 is 0 Å². The minimum absolute atomic E-state index is 0.186. The molecule has 0 amide bonds. The molecule has 0 unspecified atom stereocenters. The Morgan fingerprint density at radius 1 is 0.704 bits per heavy atom. The van der Waals surface area contributed by atoms with Crippen molar-refractivity contribution in [1.82, 2.24) is 9.32 Å². The van der Waals surface area contributed by atoms with Gasteiger partial charge in [0.05, 0.1) is 8.07 Å². The van der Waals surface area contributed by atoms with E-state index in [2.05, 4.69) is 113 Å². The van der Waals surface area contributed by atoms with Gasteiger partial charge in [0.2, 0.25) is 0 Å². The lowest BCUT2D eigenvalue weighted by atomic mass is 10.2. The highest BCUT2D eigenvalue weighted by molar-refractivity contribution is 7.74. The first-order valence-corrected chi connectivity index (χ1v) is 12.1. The van der Waals surface area contributed by atoms with Gasteiger partial charge in [-0.15, -0.1) is 0 Å². The van der Waals surface area contributed by atoms with Crippen LogP contribution in [0.3, 0.4) is 0 Å². The highest BCUT2D eigenvalue weighted by Gasteiger charge is 2.39. The molecule has 2 nitrogen and oxygen atoms in total. The number of hydrogen-bond donors (Lipinski definition) is 0. The van der Waals surface area contributed by atoms with Gasteiger partial charge >= 0.3 is 0 Å². The molecule has 4 heteroatoms. The van der Waals surface area contributed by atoms with E-state index in [1.807, 2.05) is 6.20 Å². The summed E-state index contributed by atoms with van der Waals surface area (Å²) in [4.78, 5) is 4.93. The largest absolute Gasteiger partial charge is 0.301 e. The van der Waals surface area contributed by atoms with E-state index < -0.39 is 16.0 Å². The van der Waals surface area contributed by atoms with Gasteiger partial charge in [-0.3, -0.25) is 0 Å². The Kier molecular flexibility index (Phi) is 5.90. The monoisotopic (exact) mass is 396 g/mol. The van der Waals surface area contributed by atoms with Crippen molar-refractivity contribution >= 4 is 32.2 Å². The molecule has 0 aliphatic heterocycles. The summed E-state index contributed by atoms with van der Waals surface area (Å²) in [5.74, 6) is 0. The third kappa shape index (κ3) is 4.50. The van der Waals surface area contributed by atoms with Crippen molar-refractivity contribution in [3.05, 3.63) is 73.1 Å². The van der Waals surface area contributed by atoms with E-state index in [1.165, 1.54) is 16.2 Å². The minimum atomic E-state index is -0.686. The molecular weight excluding hydrogens is 366 g/mol. The summed E-state index contributed by atoms with van der Waals surface area (Å²) in [7, 11) is -1.15. The van der Waals surface area contributed by atoms with Crippen molar-refractivity contribution in [1.29, 1.82) is 0 Å². The van der Waals surface area contributed by atoms with Crippen molar-refractivity contribution in [3.63, 3.8) is 0 Å². The molecule has 0 N–H and O–H groups in total. The summed E-state index contributed by atoms with van der Waals surface area (Å²) < 4.78 is 2.47. The Balaban J connectivity index is 2.20. The standard InChI is InChI=1S/C23H30N2P2/c1-22(2,3)27(23(4,5)6)21-24-17-18-25(21)26(19-13-9-7-10-14-19)20-15-11-8-12-16-20/h7-18H,1-6H3. The summed E-state index contributed by atoms with van der Waals surface area (Å²) in [5.41, 5.74) is 1.25. The second-order valence-corrected chi connectivity index (χ2v) is 14.6. The molecule has 0 bridgehead atoms. The van der Waals surface area contributed by atoms with Crippen LogP contribution in [0.15, 0.2) is 73.1 Å². The normalized spacial score (nSPS) is 12.7. The fraction of sp³-hybridized carbons (Fsp3) is 0.348. The van der Waals surface area contributed by atoms with E-state index in [0.717, 1.165) is 0 Å². The first kappa shape index (κ1) is 20.2. The molecule has 1 aromatic heterocycles. The van der Waals surface area contributed by atoms with Gasteiger partial charge < -0.3 is 4.34 Å². The Morgan fingerprint density at radius 3 is 1.56 bits per heavy atom. The van der Waals surface area contributed by atoms with Gasteiger partial charge in [-0.05, 0) is 18.2 Å². The number of hydrogen-bond acceptors (Lipinski definition) is 1. The molecule has 0 aliphatic rings. The summed E-state index contributed by atoms with van der Waals surface area (Å²) >= 11 is 0. The van der Waals surface area contributed by atoms with Crippen molar-refractivity contribution in [2.45, 2.75) is 51.9 Å². The Labute approximate surface area is 166 Å². The van der Waals surface area contributed by atoms with Crippen LogP contribution in [-0.4, -0.2) is 19.6 Å². The zero-order chi connectivity index (χ0) is 19.7. The first-order chi connectivity index (χ1) is 12.7. The Morgan fingerprint density at radius 2 is 1.15 bits per heavy atom. The third-order valence-electron chi connectivity index (χ3n) is 4.36. The molecule has 0 radical (unpaired) electrons. The highest BCUT2D eigenvalue weighted by atomic mass is 31.1. The van der Waals surface area contributed by atoms with Gasteiger partial charge in [0.1, 0.15) is 5.57 Å². The molecular formula is C23H30N2P2. The second-order valence-electron chi connectivity index (χ2n) is 8.73. The maximum Gasteiger partial charge on any atom is 0.136 e. The van der Waals surface area contributed by atoms with E-state index in [-0.39, 0.29) is 10.3 Å². The molecule has 3 rings (SSSR count). The van der Waals surface area contributed by atoms with Crippen LogP contribution in [0.2, 0.25) is 0 Å². The van der Waals surface area contributed by atoms with Gasteiger partial charge in [0.25, 0.3) is 0 Å². The zero-order valence-electron chi connectivity index (χ0n) is 17.2. The lowest BCUT2D eigenvalue weighted by Crippen LogP contribution is -2.36. The minimum Gasteiger partial charge on any atom is -0.301 e. The topological polar surface area (TPSA) is 17.8 Å². The fourth-order valence-electron chi connectivity index (χ4n) is 3.75. The number of aromatic nitrogens is 2. The smallest absolute Gasteiger partial charge is 0.136 e. The van der Waals surface area contributed by atoms with Crippen LogP contribution < -0.4 is 16.2 Å². The van der Waals surface area contributed by atoms with Crippen molar-refractivity contribution in [2.75, 3.05) is 0 Å². The van der Waals surface area contributed by atoms with Crippen LogP contribution in [0.1, 0.15) is 41.5 Å². The van der Waals surface area contributed by atoms with E-state index in [0.29, 0.717) is 0 Å². The molecule has 0 saturated carbocycles. The van der Waals surface area contributed by atoms with E-state index in [1.54, 1.807) is 0 Å². The van der Waals surface area contributed by atoms with Crippen LogP contribution in [0.5, 0.6) is 0 Å². The molecule has 0 aliphatic carbocycles. The van der Waals surface area contributed by atoms with Gasteiger partial charge in [-0.2, -0.15) is 0 Å². The van der Waals surface area contributed by atoms with Gasteiger partial charge in [-0.25, -0.2) is 4.98 Å². The van der Waals surface area contributed by atoms with Crippen LogP contribution >= 0.6 is 16.0 Å². The zero-order valence-corrected chi connectivity index (χ0v) is 19.0. The fourth-order valence-corrected chi connectivity index (χ4v) is 10.1. The first-order valence-electron chi connectivity index (χ1n) is 9.44. The molecule has 2 aromatic carbocycles. The molecule has 0 atom stereocenters. The predicted octanol–water partition coefficient (Wildman–Crippen LogP) is 5.48. The molecule has 0 spiro atoms. The number of nitrogens with zero attached hydrogens (tertiary/aromatic N) is 2. The quantitative estimate of drug-likeness (QED) is 0.534. The van der Waals surface area contributed by atoms with Crippen LogP contribution in [0.4, 0.5) is 0 Å². The van der Waals surface area contributed by atoms with Crippen LogP contribution in [-0.2, 0) is 0 Å². The molecule has 27 heavy (non-hydrogen) atoms. The summed E-state index contributed by atoms with van der Waals surface area (Å²) in [6.07, 6.45) is 4.18. The lowest BCUT2D eigenvalue weighted by Gasteiger charge is -2.41. The summed E-state index contributed by atoms with van der Waals surface area (Å²) in [5, 5.41) is 3.09. The second kappa shape index (κ2) is 7.86. The average Bonchev–Trinajstić information content (AvgIpc) is 3.03. The van der Waals surface area contributed by atoms with Crippen LogP contribution in [0, 0.1) is 0 Å². The summed E-state index contributed by atoms with van der Waals surface area (Å²) in [6, 6.07) is 21.7. The Bertz CT molecular complexity index is 805. The lowest BCUT2D eigenvalue weighted by molar-refractivity contribution is 0.712. The van der Waals surface area contributed by atoms with Crippen LogP contribution in [0.25, 0.3) is 0 Å². The highest BCUT2D eigenvalue weighted by Crippen LogP contribution is 2.58. The molecule has 142 valence electrons. The van der Waals surface area contributed by atoms with Gasteiger partial charge in [0.15, 0.2) is 0 Å². The van der Waals surface area contributed by atoms with Crippen molar-refractivity contribution in [2.24, 2.45) is 0 Å². The maximum atomic E-state index is 4.93. The van der Waals surface area contributed by atoms with Crippen molar-refractivity contribution in [3.8, 4) is 0 Å². The summed E-state index contributed by atoms with van der Waals surface area (Å²) in [6.45, 7) is 14.1. The van der Waals surface area contributed by atoms with Gasteiger partial charge in [0, 0.05) is 23.0 Å². The van der Waals surface area contributed by atoms with E-state index >= 15 is 0 Å². The molecule has 0 saturated heterocycles. The number of benzene rings is 2. The predicted molar refractivity (Wildman–Crippen MR) is 123 cm³/mol. The van der Waals surface area contributed by atoms with Gasteiger partial charge in [-0.1, -0.05) is 102 Å². The number of rotatable bonds is 4. The molecule has 3 aromatic rings. The molecule has 0 fully saturated rings. The average molecular weight is 396 g/mol. The SMILES string of the molecule is CC(C)(C)P(c1nccn1P(c1ccccc1)c1ccccc1)C(C)(C)C. The maximum absolute atomic E-state index is 4.93. The van der Waals surface area contributed by atoms with E-state index in [4.69, 9.17) is 4.98 Å². The number of imidazole rings is 1.